The number of fused-ring (bicyclic) bond motifs is 1. The van der Waals surface area contributed by atoms with Crippen LogP contribution in [0.1, 0.15) is 5.56 Å². The standard InChI is InChI=1S/C17H17Cl2N3/c1-11(18)17(22(2)3)9-13(10-20)12-4-5-16-14(8-12)15(19)6-7-21-16/h4-10H,1,20H2,2-3H3/b13-10+,17-9+. The van der Waals surface area contributed by atoms with E-state index in [-0.39, 0.29) is 0 Å². The Bertz CT molecular complexity index is 777. The zero-order chi connectivity index (χ0) is 16.3. The van der Waals surface area contributed by atoms with Crippen molar-refractivity contribution < 1.29 is 0 Å². The number of nitrogens with zero attached hydrogens (tertiary/aromatic N) is 2. The van der Waals surface area contributed by atoms with Crippen molar-refractivity contribution in [2.24, 2.45) is 5.73 Å². The first-order valence-electron chi connectivity index (χ1n) is 6.64. The smallest absolute Gasteiger partial charge is 0.0717 e. The van der Waals surface area contributed by atoms with Crippen molar-refractivity contribution in [2.75, 3.05) is 14.1 Å². The predicted octanol–water partition coefficient (Wildman–Crippen LogP) is 4.39. The second-order valence-corrected chi connectivity index (χ2v) is 5.84. The van der Waals surface area contributed by atoms with Crippen molar-refractivity contribution in [3.63, 3.8) is 0 Å². The van der Waals surface area contributed by atoms with Crippen LogP contribution in [0.2, 0.25) is 5.02 Å². The van der Waals surface area contributed by atoms with E-state index in [2.05, 4.69) is 11.6 Å². The Morgan fingerprint density at radius 1 is 1.32 bits per heavy atom. The number of nitrogens with two attached hydrogens (primary N) is 1. The summed E-state index contributed by atoms with van der Waals surface area (Å²) in [5.41, 5.74) is 9.17. The van der Waals surface area contributed by atoms with Crippen LogP contribution in [-0.2, 0) is 0 Å². The molecule has 0 aliphatic carbocycles. The molecule has 0 aliphatic rings. The molecule has 0 atom stereocenters. The Morgan fingerprint density at radius 2 is 2.05 bits per heavy atom. The fourth-order valence-electron chi connectivity index (χ4n) is 2.12. The first kappa shape index (κ1) is 16.4. The normalized spacial score (nSPS) is 12.5. The molecule has 22 heavy (non-hydrogen) atoms. The van der Waals surface area contributed by atoms with Crippen LogP contribution in [0.4, 0.5) is 0 Å². The van der Waals surface area contributed by atoms with E-state index in [0.717, 1.165) is 27.7 Å². The Labute approximate surface area is 140 Å². The van der Waals surface area contributed by atoms with Crippen molar-refractivity contribution in [1.82, 2.24) is 9.88 Å². The predicted molar refractivity (Wildman–Crippen MR) is 95.7 cm³/mol. The third-order valence-electron chi connectivity index (χ3n) is 3.25. The Balaban J connectivity index is 2.55. The minimum atomic E-state index is 0.449. The lowest BCUT2D eigenvalue weighted by molar-refractivity contribution is 0.528. The van der Waals surface area contributed by atoms with Gasteiger partial charge in [-0.1, -0.05) is 35.8 Å². The minimum Gasteiger partial charge on any atom is -0.404 e. The summed E-state index contributed by atoms with van der Waals surface area (Å²) in [6.45, 7) is 3.78. The van der Waals surface area contributed by atoms with Crippen LogP contribution >= 0.6 is 23.2 Å². The average molecular weight is 334 g/mol. The molecular formula is C17H17Cl2N3. The highest BCUT2D eigenvalue weighted by molar-refractivity contribution is 6.35. The first-order chi connectivity index (χ1) is 10.4. The van der Waals surface area contributed by atoms with Crippen molar-refractivity contribution in [3.05, 3.63) is 70.6 Å². The molecule has 0 bridgehead atoms. The van der Waals surface area contributed by atoms with Crippen molar-refractivity contribution in [1.29, 1.82) is 0 Å². The summed E-state index contributed by atoms with van der Waals surface area (Å²) >= 11 is 12.3. The lowest BCUT2D eigenvalue weighted by Crippen LogP contribution is -2.11. The van der Waals surface area contributed by atoms with Gasteiger partial charge in [0.25, 0.3) is 0 Å². The van der Waals surface area contributed by atoms with Gasteiger partial charge >= 0.3 is 0 Å². The van der Waals surface area contributed by atoms with Gasteiger partial charge in [0.1, 0.15) is 0 Å². The molecule has 1 aromatic carbocycles. The van der Waals surface area contributed by atoms with Crippen LogP contribution in [0, 0.1) is 0 Å². The maximum Gasteiger partial charge on any atom is 0.0717 e. The first-order valence-corrected chi connectivity index (χ1v) is 7.40. The molecule has 3 nitrogen and oxygen atoms in total. The maximum atomic E-state index is 6.23. The molecule has 0 unspecified atom stereocenters. The van der Waals surface area contributed by atoms with Crippen LogP contribution in [0.15, 0.2) is 60.0 Å². The minimum absolute atomic E-state index is 0.449. The molecule has 0 amide bonds. The van der Waals surface area contributed by atoms with Crippen molar-refractivity contribution >= 4 is 39.7 Å². The maximum absolute atomic E-state index is 6.23. The number of aromatic nitrogens is 1. The number of rotatable bonds is 4. The molecule has 1 heterocycles. The number of pyridine rings is 1. The molecule has 0 aliphatic heterocycles. The fraction of sp³-hybridized carbons (Fsp3) is 0.118. The van der Waals surface area contributed by atoms with Gasteiger partial charge < -0.3 is 10.6 Å². The number of benzene rings is 1. The topological polar surface area (TPSA) is 42.1 Å². The molecule has 2 N–H and O–H groups in total. The molecule has 2 rings (SSSR count). The van der Waals surface area contributed by atoms with Crippen molar-refractivity contribution in [2.45, 2.75) is 0 Å². The van der Waals surface area contributed by atoms with Gasteiger partial charge in [0.05, 0.1) is 21.3 Å². The van der Waals surface area contributed by atoms with E-state index in [0.29, 0.717) is 10.1 Å². The second-order valence-electron chi connectivity index (χ2n) is 4.98. The zero-order valence-corrected chi connectivity index (χ0v) is 14.0. The lowest BCUT2D eigenvalue weighted by Gasteiger charge is -2.17. The zero-order valence-electron chi connectivity index (χ0n) is 12.5. The van der Waals surface area contributed by atoms with Gasteiger partial charge in [0, 0.05) is 31.9 Å². The Hall–Kier alpha value is -1.97. The molecule has 0 fully saturated rings. The summed E-state index contributed by atoms with van der Waals surface area (Å²) in [5.74, 6) is 0. The molecule has 0 saturated heterocycles. The van der Waals surface area contributed by atoms with Gasteiger partial charge in [-0.05, 0) is 35.4 Å². The average Bonchev–Trinajstić information content (AvgIpc) is 2.48. The van der Waals surface area contributed by atoms with Crippen LogP contribution in [0.5, 0.6) is 0 Å². The summed E-state index contributed by atoms with van der Waals surface area (Å²) in [6.07, 6.45) is 5.11. The number of likely N-dealkylation sites (N-methyl/N-ethyl adjacent to an activating group) is 1. The lowest BCUT2D eigenvalue weighted by atomic mass is 10.0. The SMILES string of the molecule is C=C(Cl)/C(=C\C(=C/N)c1ccc2nccc(Cl)c2c1)N(C)C. The van der Waals surface area contributed by atoms with E-state index >= 15 is 0 Å². The van der Waals surface area contributed by atoms with E-state index in [1.807, 2.05) is 43.3 Å². The quantitative estimate of drug-likeness (QED) is 0.844. The highest BCUT2D eigenvalue weighted by Crippen LogP contribution is 2.27. The molecule has 5 heteroatoms. The van der Waals surface area contributed by atoms with E-state index in [4.69, 9.17) is 28.9 Å². The van der Waals surface area contributed by atoms with E-state index in [1.165, 1.54) is 6.20 Å². The summed E-state index contributed by atoms with van der Waals surface area (Å²) in [6, 6.07) is 7.59. The van der Waals surface area contributed by atoms with Gasteiger partial charge in [0.15, 0.2) is 0 Å². The largest absolute Gasteiger partial charge is 0.404 e. The summed E-state index contributed by atoms with van der Waals surface area (Å²) < 4.78 is 0. The highest BCUT2D eigenvalue weighted by atomic mass is 35.5. The number of allylic oxidation sites excluding steroid dienone is 3. The van der Waals surface area contributed by atoms with Gasteiger partial charge in [-0.25, -0.2) is 0 Å². The fourth-order valence-corrected chi connectivity index (χ4v) is 2.55. The van der Waals surface area contributed by atoms with Crippen LogP contribution in [-0.4, -0.2) is 24.0 Å². The summed E-state index contributed by atoms with van der Waals surface area (Å²) in [7, 11) is 3.80. The number of halogens is 2. The van der Waals surface area contributed by atoms with E-state index in [1.54, 1.807) is 12.3 Å². The van der Waals surface area contributed by atoms with Crippen molar-refractivity contribution in [3.8, 4) is 0 Å². The number of hydrogen-bond donors (Lipinski definition) is 1. The Kier molecular flexibility index (Phi) is 5.11. The third-order valence-corrected chi connectivity index (χ3v) is 3.78. The summed E-state index contributed by atoms with van der Waals surface area (Å²) in [4.78, 5) is 6.18. The second kappa shape index (κ2) is 6.86. The molecule has 114 valence electrons. The molecule has 0 saturated carbocycles. The van der Waals surface area contributed by atoms with E-state index in [9.17, 15) is 0 Å². The number of hydrogen-bond acceptors (Lipinski definition) is 3. The Morgan fingerprint density at radius 3 is 2.64 bits per heavy atom. The van der Waals surface area contributed by atoms with E-state index < -0.39 is 0 Å². The molecule has 2 aromatic rings. The molecular weight excluding hydrogens is 317 g/mol. The van der Waals surface area contributed by atoms with Gasteiger partial charge in [-0.3, -0.25) is 4.98 Å². The molecule has 0 spiro atoms. The monoisotopic (exact) mass is 333 g/mol. The van der Waals surface area contributed by atoms with Crippen LogP contribution in [0.25, 0.3) is 16.5 Å². The van der Waals surface area contributed by atoms with Gasteiger partial charge in [0.2, 0.25) is 0 Å². The van der Waals surface area contributed by atoms with Crippen LogP contribution in [0.3, 0.4) is 0 Å². The third kappa shape index (κ3) is 3.43. The molecule has 1 aromatic heterocycles. The summed E-state index contributed by atoms with van der Waals surface area (Å²) in [5, 5.41) is 1.98. The van der Waals surface area contributed by atoms with Crippen LogP contribution < -0.4 is 5.73 Å². The highest BCUT2D eigenvalue weighted by Gasteiger charge is 2.08. The van der Waals surface area contributed by atoms with Gasteiger partial charge in [-0.2, -0.15) is 0 Å². The molecule has 0 radical (unpaired) electrons. The van der Waals surface area contributed by atoms with Gasteiger partial charge in [-0.15, -0.1) is 0 Å².